The molecule has 0 saturated carbocycles. The number of carboxylic acid groups (broad SMARTS) is 2. The van der Waals surface area contributed by atoms with Crippen molar-refractivity contribution in [2.45, 2.75) is 13.0 Å². The number of aliphatic hydroxyl groups excluding tert-OH is 1. The molecule has 1 unspecified atom stereocenters. The van der Waals surface area contributed by atoms with E-state index in [1.165, 1.54) is 6.92 Å². The zero-order valence-corrected chi connectivity index (χ0v) is 5.81. The highest BCUT2D eigenvalue weighted by Gasteiger charge is 2.23. The molecule has 62 valence electrons. The Hall–Kier alpha value is -1.36. The first-order valence-corrected chi connectivity index (χ1v) is 2.81. The van der Waals surface area contributed by atoms with Crippen LogP contribution in [0.1, 0.15) is 6.92 Å². The highest BCUT2D eigenvalue weighted by Crippen LogP contribution is 2.02. The molecular formula is C6H8O5. The molecule has 0 aliphatic heterocycles. The highest BCUT2D eigenvalue weighted by atomic mass is 16.4. The SMILES string of the molecule is C/C=C(\C(=O)O)C(O)C(=O)O. The lowest BCUT2D eigenvalue weighted by molar-refractivity contribution is -0.147. The number of aliphatic hydroxyl groups is 1. The van der Waals surface area contributed by atoms with Gasteiger partial charge in [-0.1, -0.05) is 6.08 Å². The van der Waals surface area contributed by atoms with Gasteiger partial charge in [0.2, 0.25) is 0 Å². The first-order chi connectivity index (χ1) is 5.00. The Balaban J connectivity index is 4.54. The molecule has 0 saturated heterocycles. The molecule has 0 aliphatic rings. The second-order valence-electron chi connectivity index (χ2n) is 1.79. The quantitative estimate of drug-likeness (QED) is 0.482. The summed E-state index contributed by atoms with van der Waals surface area (Å²) in [6.45, 7) is 1.34. The van der Waals surface area contributed by atoms with Crippen LogP contribution in [0.5, 0.6) is 0 Å². The van der Waals surface area contributed by atoms with Crippen molar-refractivity contribution in [2.24, 2.45) is 0 Å². The summed E-state index contributed by atoms with van der Waals surface area (Å²) < 4.78 is 0. The van der Waals surface area contributed by atoms with Gasteiger partial charge in [0.15, 0.2) is 6.10 Å². The number of rotatable bonds is 3. The van der Waals surface area contributed by atoms with E-state index in [-0.39, 0.29) is 0 Å². The molecule has 0 spiro atoms. The Morgan fingerprint density at radius 3 is 1.91 bits per heavy atom. The fraction of sp³-hybridized carbons (Fsp3) is 0.333. The monoisotopic (exact) mass is 160 g/mol. The van der Waals surface area contributed by atoms with Crippen molar-refractivity contribution >= 4 is 11.9 Å². The summed E-state index contributed by atoms with van der Waals surface area (Å²) in [4.78, 5) is 20.2. The fourth-order valence-electron chi connectivity index (χ4n) is 0.531. The van der Waals surface area contributed by atoms with E-state index in [4.69, 9.17) is 15.3 Å². The number of carbonyl (C=O) groups is 2. The maximum atomic E-state index is 10.2. The van der Waals surface area contributed by atoms with Crippen LogP contribution in [0.4, 0.5) is 0 Å². The molecule has 0 rings (SSSR count). The summed E-state index contributed by atoms with van der Waals surface area (Å²) in [6, 6.07) is 0. The van der Waals surface area contributed by atoms with E-state index in [1.54, 1.807) is 0 Å². The van der Waals surface area contributed by atoms with E-state index in [2.05, 4.69) is 0 Å². The van der Waals surface area contributed by atoms with Crippen molar-refractivity contribution in [1.82, 2.24) is 0 Å². The first kappa shape index (κ1) is 9.64. The van der Waals surface area contributed by atoms with Crippen LogP contribution in [0.25, 0.3) is 0 Å². The van der Waals surface area contributed by atoms with Crippen molar-refractivity contribution in [3.05, 3.63) is 11.6 Å². The molecule has 0 aliphatic carbocycles. The topological polar surface area (TPSA) is 94.8 Å². The maximum absolute atomic E-state index is 10.2. The van der Waals surface area contributed by atoms with Crippen LogP contribution in [0, 0.1) is 0 Å². The van der Waals surface area contributed by atoms with Crippen LogP contribution in [-0.2, 0) is 9.59 Å². The smallest absolute Gasteiger partial charge is 0.337 e. The third-order valence-corrected chi connectivity index (χ3v) is 1.09. The number of carboxylic acids is 2. The van der Waals surface area contributed by atoms with E-state index >= 15 is 0 Å². The maximum Gasteiger partial charge on any atom is 0.337 e. The molecule has 0 aromatic carbocycles. The Morgan fingerprint density at radius 2 is 1.82 bits per heavy atom. The fourth-order valence-corrected chi connectivity index (χ4v) is 0.531. The van der Waals surface area contributed by atoms with Gasteiger partial charge in [-0.3, -0.25) is 0 Å². The van der Waals surface area contributed by atoms with Crippen molar-refractivity contribution < 1.29 is 24.9 Å². The van der Waals surface area contributed by atoms with Gasteiger partial charge in [-0.05, 0) is 6.92 Å². The number of aliphatic carboxylic acids is 2. The molecule has 0 aromatic heterocycles. The van der Waals surface area contributed by atoms with Crippen LogP contribution in [0.15, 0.2) is 11.6 Å². The summed E-state index contributed by atoms with van der Waals surface area (Å²) in [5, 5.41) is 25.2. The molecule has 0 amide bonds. The van der Waals surface area contributed by atoms with E-state index in [0.29, 0.717) is 0 Å². The van der Waals surface area contributed by atoms with E-state index in [0.717, 1.165) is 6.08 Å². The summed E-state index contributed by atoms with van der Waals surface area (Å²) in [5.74, 6) is -3.00. The summed E-state index contributed by atoms with van der Waals surface area (Å²) in [5.41, 5.74) is -0.530. The van der Waals surface area contributed by atoms with Crippen LogP contribution >= 0.6 is 0 Å². The second kappa shape index (κ2) is 3.72. The molecule has 0 heterocycles. The minimum absolute atomic E-state index is 0.530. The van der Waals surface area contributed by atoms with Gasteiger partial charge < -0.3 is 15.3 Å². The standard InChI is InChI=1S/C6H8O5/c1-2-3(5(8)9)4(7)6(10)11/h2,4,7H,1H3,(H,8,9)(H,10,11)/b3-2-. The minimum Gasteiger partial charge on any atom is -0.479 e. The lowest BCUT2D eigenvalue weighted by Gasteiger charge is -2.04. The van der Waals surface area contributed by atoms with Gasteiger partial charge in [0, 0.05) is 0 Å². The van der Waals surface area contributed by atoms with Crippen molar-refractivity contribution in [2.75, 3.05) is 0 Å². The molecule has 0 bridgehead atoms. The molecule has 0 aromatic rings. The minimum atomic E-state index is -1.95. The van der Waals surface area contributed by atoms with Crippen LogP contribution in [0.2, 0.25) is 0 Å². The molecule has 5 nitrogen and oxygen atoms in total. The van der Waals surface area contributed by atoms with Crippen molar-refractivity contribution in [3.63, 3.8) is 0 Å². The molecule has 1 atom stereocenters. The molecule has 3 N–H and O–H groups in total. The number of hydrogen-bond donors (Lipinski definition) is 3. The van der Waals surface area contributed by atoms with E-state index < -0.39 is 23.6 Å². The van der Waals surface area contributed by atoms with Gasteiger partial charge in [-0.25, -0.2) is 9.59 Å². The third-order valence-electron chi connectivity index (χ3n) is 1.09. The highest BCUT2D eigenvalue weighted by molar-refractivity contribution is 5.95. The zero-order valence-electron chi connectivity index (χ0n) is 5.81. The zero-order chi connectivity index (χ0) is 9.02. The van der Waals surface area contributed by atoms with Gasteiger partial charge >= 0.3 is 11.9 Å². The average Bonchev–Trinajstić information content (AvgIpc) is 1.88. The van der Waals surface area contributed by atoms with Crippen LogP contribution in [0.3, 0.4) is 0 Å². The Bertz CT molecular complexity index is 205. The van der Waals surface area contributed by atoms with Gasteiger partial charge in [0.05, 0.1) is 5.57 Å². The third kappa shape index (κ3) is 2.38. The molecule has 11 heavy (non-hydrogen) atoms. The van der Waals surface area contributed by atoms with E-state index in [1.807, 2.05) is 0 Å². The van der Waals surface area contributed by atoms with Crippen LogP contribution in [-0.4, -0.2) is 33.4 Å². The van der Waals surface area contributed by atoms with Gasteiger partial charge in [-0.15, -0.1) is 0 Å². The molecular weight excluding hydrogens is 152 g/mol. The molecule has 0 fully saturated rings. The Morgan fingerprint density at radius 1 is 1.36 bits per heavy atom. The first-order valence-electron chi connectivity index (χ1n) is 2.81. The predicted molar refractivity (Wildman–Crippen MR) is 35.0 cm³/mol. The lowest BCUT2D eigenvalue weighted by atomic mass is 10.1. The normalized spacial score (nSPS) is 14.2. The van der Waals surface area contributed by atoms with Crippen LogP contribution < -0.4 is 0 Å². The summed E-state index contributed by atoms with van der Waals surface area (Å²) >= 11 is 0. The Labute approximate surface area is 62.6 Å². The summed E-state index contributed by atoms with van der Waals surface area (Å²) in [6.07, 6.45) is -0.904. The largest absolute Gasteiger partial charge is 0.479 e. The Kier molecular flexibility index (Phi) is 3.26. The molecule has 5 heteroatoms. The average molecular weight is 160 g/mol. The molecule has 0 radical (unpaired) electrons. The lowest BCUT2D eigenvalue weighted by Crippen LogP contribution is -2.26. The number of hydrogen-bond acceptors (Lipinski definition) is 3. The van der Waals surface area contributed by atoms with Crippen molar-refractivity contribution in [1.29, 1.82) is 0 Å². The number of allylic oxidation sites excluding steroid dienone is 1. The second-order valence-corrected chi connectivity index (χ2v) is 1.79. The van der Waals surface area contributed by atoms with Crippen molar-refractivity contribution in [3.8, 4) is 0 Å². The van der Waals surface area contributed by atoms with Gasteiger partial charge in [-0.2, -0.15) is 0 Å². The van der Waals surface area contributed by atoms with Gasteiger partial charge in [0.1, 0.15) is 0 Å². The van der Waals surface area contributed by atoms with Gasteiger partial charge in [0.25, 0.3) is 0 Å². The summed E-state index contributed by atoms with van der Waals surface area (Å²) in [7, 11) is 0. The predicted octanol–water partition coefficient (Wildman–Crippen LogP) is -0.537. The van der Waals surface area contributed by atoms with E-state index in [9.17, 15) is 9.59 Å².